The average molecular weight is 542 g/mol. The van der Waals surface area contributed by atoms with Gasteiger partial charge in [0.2, 0.25) is 16.8 Å². The summed E-state index contributed by atoms with van der Waals surface area (Å²) in [5.74, 6) is 3.95. The number of aliphatic imine (C=N–C) groups is 1. The van der Waals surface area contributed by atoms with E-state index in [1.165, 1.54) is 0 Å². The van der Waals surface area contributed by atoms with Crippen LogP contribution in [0.2, 0.25) is 0 Å². The van der Waals surface area contributed by atoms with E-state index >= 15 is 0 Å². The summed E-state index contributed by atoms with van der Waals surface area (Å²) in [4.78, 5) is 6.20. The van der Waals surface area contributed by atoms with Crippen LogP contribution in [0, 0.1) is 0 Å². The molecule has 1 aromatic rings. The summed E-state index contributed by atoms with van der Waals surface area (Å²) < 4.78 is 37.2. The van der Waals surface area contributed by atoms with Gasteiger partial charge in [-0.25, -0.2) is 12.7 Å². The first-order valence-electron chi connectivity index (χ1n) is 8.85. The summed E-state index contributed by atoms with van der Waals surface area (Å²) in [6.07, 6.45) is 0. The fourth-order valence-corrected chi connectivity index (χ4v) is 5.51. The van der Waals surface area contributed by atoms with Crippen molar-refractivity contribution >= 4 is 51.7 Å². The lowest BCUT2D eigenvalue weighted by Crippen LogP contribution is -2.44. The molecule has 158 valence electrons. The molecule has 0 bridgehead atoms. The number of sulfonamides is 1. The van der Waals surface area contributed by atoms with Crippen molar-refractivity contribution in [2.75, 3.05) is 57.8 Å². The van der Waals surface area contributed by atoms with E-state index in [1.807, 2.05) is 30.1 Å². The minimum absolute atomic E-state index is 0. The molecule has 1 N–H and O–H groups in total. The van der Waals surface area contributed by atoms with Crippen molar-refractivity contribution in [3.8, 4) is 11.5 Å². The second-order valence-electron chi connectivity index (χ2n) is 6.35. The zero-order valence-corrected chi connectivity index (χ0v) is 20.1. The van der Waals surface area contributed by atoms with E-state index in [-0.39, 0.29) is 36.5 Å². The first-order valence-corrected chi connectivity index (χ1v) is 11.6. The van der Waals surface area contributed by atoms with Gasteiger partial charge in [-0.2, -0.15) is 11.8 Å². The summed E-state index contributed by atoms with van der Waals surface area (Å²) in [6, 6.07) is 5.83. The zero-order chi connectivity index (χ0) is 19.3. The molecule has 0 unspecified atom stereocenters. The van der Waals surface area contributed by atoms with Crippen molar-refractivity contribution in [1.29, 1.82) is 0 Å². The number of benzene rings is 1. The number of rotatable bonds is 6. The van der Waals surface area contributed by atoms with Crippen LogP contribution < -0.4 is 14.8 Å². The van der Waals surface area contributed by atoms with Crippen LogP contribution in [0.1, 0.15) is 5.56 Å². The summed E-state index contributed by atoms with van der Waals surface area (Å²) in [6.45, 7) is 2.40. The summed E-state index contributed by atoms with van der Waals surface area (Å²) in [7, 11) is 0.377. The molecule has 2 aliphatic heterocycles. The molecule has 2 heterocycles. The number of hydrogen-bond donors (Lipinski definition) is 1. The van der Waals surface area contributed by atoms with Crippen LogP contribution in [0.5, 0.6) is 11.5 Å². The van der Waals surface area contributed by atoms with E-state index in [0.717, 1.165) is 28.6 Å². The molecule has 0 amide bonds. The molecular weight excluding hydrogens is 515 g/mol. The number of nitrogens with one attached hydrogen (secondary N) is 1. The summed E-state index contributed by atoms with van der Waals surface area (Å²) in [5.41, 5.74) is 1.06. The minimum Gasteiger partial charge on any atom is -0.454 e. The van der Waals surface area contributed by atoms with Gasteiger partial charge in [0.25, 0.3) is 0 Å². The van der Waals surface area contributed by atoms with E-state index in [1.54, 1.807) is 23.1 Å². The molecule has 1 saturated heterocycles. The third-order valence-electron chi connectivity index (χ3n) is 4.44. The van der Waals surface area contributed by atoms with Gasteiger partial charge in [0.05, 0.1) is 5.75 Å². The van der Waals surface area contributed by atoms with Crippen molar-refractivity contribution in [2.45, 2.75) is 6.54 Å². The van der Waals surface area contributed by atoms with E-state index in [2.05, 4.69) is 10.3 Å². The van der Waals surface area contributed by atoms with Crippen LogP contribution in [0.3, 0.4) is 0 Å². The van der Waals surface area contributed by atoms with E-state index in [4.69, 9.17) is 9.47 Å². The Labute approximate surface area is 188 Å². The van der Waals surface area contributed by atoms with Crippen LogP contribution >= 0.6 is 35.7 Å². The highest BCUT2D eigenvalue weighted by atomic mass is 127. The fourth-order valence-electron chi connectivity index (χ4n) is 3.02. The maximum Gasteiger partial charge on any atom is 0.231 e. The number of thioether (sulfide) groups is 1. The van der Waals surface area contributed by atoms with Gasteiger partial charge in [-0.15, -0.1) is 24.0 Å². The van der Waals surface area contributed by atoms with Crippen molar-refractivity contribution in [2.24, 2.45) is 4.99 Å². The van der Waals surface area contributed by atoms with Gasteiger partial charge in [0, 0.05) is 51.8 Å². The molecule has 0 aliphatic carbocycles. The Kier molecular flexibility index (Phi) is 8.96. The molecule has 1 aromatic carbocycles. The monoisotopic (exact) mass is 542 g/mol. The van der Waals surface area contributed by atoms with Crippen LogP contribution in [-0.4, -0.2) is 81.4 Å². The number of nitrogens with zero attached hydrogens (tertiary/aromatic N) is 3. The van der Waals surface area contributed by atoms with Crippen LogP contribution in [0.15, 0.2) is 23.2 Å². The normalized spacial score (nSPS) is 17.1. The molecule has 0 atom stereocenters. The third kappa shape index (κ3) is 6.04. The predicted octanol–water partition coefficient (Wildman–Crippen LogP) is 1.42. The predicted molar refractivity (Wildman–Crippen MR) is 123 cm³/mol. The number of guanidine groups is 1. The molecule has 1 fully saturated rings. The zero-order valence-electron chi connectivity index (χ0n) is 16.1. The molecule has 0 radical (unpaired) electrons. The van der Waals surface area contributed by atoms with Gasteiger partial charge in [0.1, 0.15) is 0 Å². The first-order chi connectivity index (χ1) is 13.0. The Bertz CT molecular complexity index is 785. The number of halogens is 1. The third-order valence-corrected chi connectivity index (χ3v) is 7.25. The quantitative estimate of drug-likeness (QED) is 0.331. The second-order valence-corrected chi connectivity index (χ2v) is 9.66. The highest BCUT2D eigenvalue weighted by Gasteiger charge is 2.24. The lowest BCUT2D eigenvalue weighted by atomic mass is 10.2. The Morgan fingerprint density at radius 1 is 1.29 bits per heavy atom. The van der Waals surface area contributed by atoms with Gasteiger partial charge in [0.15, 0.2) is 17.5 Å². The van der Waals surface area contributed by atoms with E-state index in [9.17, 15) is 8.42 Å². The van der Waals surface area contributed by atoms with Crippen molar-refractivity contribution in [1.82, 2.24) is 14.5 Å². The Morgan fingerprint density at radius 3 is 2.71 bits per heavy atom. The molecule has 0 aromatic heterocycles. The molecule has 0 spiro atoms. The maximum atomic E-state index is 12.4. The van der Waals surface area contributed by atoms with Gasteiger partial charge in [-0.3, -0.25) is 4.99 Å². The summed E-state index contributed by atoms with van der Waals surface area (Å²) in [5, 5.41) is 3.15. The molecule has 2 aliphatic rings. The first kappa shape index (κ1) is 23.4. The topological polar surface area (TPSA) is 83.5 Å². The Hall–Kier alpha value is -0.920. The smallest absolute Gasteiger partial charge is 0.231 e. The van der Waals surface area contributed by atoms with Gasteiger partial charge in [-0.05, 0) is 17.7 Å². The van der Waals surface area contributed by atoms with Crippen molar-refractivity contribution in [3.63, 3.8) is 0 Å². The number of ether oxygens (including phenoxy) is 2. The van der Waals surface area contributed by atoms with Gasteiger partial charge in [-0.1, -0.05) is 6.07 Å². The Balaban J connectivity index is 0.00000280. The molecule has 28 heavy (non-hydrogen) atoms. The van der Waals surface area contributed by atoms with E-state index < -0.39 is 10.0 Å². The molecule has 8 nitrogen and oxygen atoms in total. The van der Waals surface area contributed by atoms with Crippen molar-refractivity contribution < 1.29 is 17.9 Å². The summed E-state index contributed by atoms with van der Waals surface area (Å²) >= 11 is 1.79. The highest BCUT2D eigenvalue weighted by molar-refractivity contribution is 14.0. The molecule has 11 heteroatoms. The maximum absolute atomic E-state index is 12.4. The fraction of sp³-hybridized carbons (Fsp3) is 0.588. The molecule has 3 rings (SSSR count). The van der Waals surface area contributed by atoms with Crippen LogP contribution in [0.25, 0.3) is 0 Å². The van der Waals surface area contributed by atoms with Gasteiger partial charge >= 0.3 is 0 Å². The minimum atomic E-state index is -3.23. The largest absolute Gasteiger partial charge is 0.454 e. The van der Waals surface area contributed by atoms with Crippen LogP contribution in [-0.2, 0) is 16.6 Å². The van der Waals surface area contributed by atoms with E-state index in [0.29, 0.717) is 32.1 Å². The number of fused-ring (bicyclic) bond motifs is 1. The standard InChI is InChI=1S/C17H26N4O4S2.HI/c1-18-17(19-5-10-27(22,23)21-6-8-26-9-7-21)20(2)12-14-3-4-15-16(11-14)25-13-24-15;/h3-4,11H,5-10,12-13H2,1-2H3,(H,18,19);1H. The number of hydrogen-bond acceptors (Lipinski definition) is 6. The molecular formula is C17H27IN4O4S2. The van der Waals surface area contributed by atoms with Crippen LogP contribution in [0.4, 0.5) is 0 Å². The lowest BCUT2D eigenvalue weighted by Gasteiger charge is -2.26. The lowest BCUT2D eigenvalue weighted by molar-refractivity contribution is 0.174. The molecule has 0 saturated carbocycles. The Morgan fingerprint density at radius 2 is 2.00 bits per heavy atom. The SMILES string of the molecule is CN=C(NCCS(=O)(=O)N1CCSCC1)N(C)Cc1ccc2c(c1)OCO2.I. The van der Waals surface area contributed by atoms with Crippen molar-refractivity contribution in [3.05, 3.63) is 23.8 Å². The highest BCUT2D eigenvalue weighted by Crippen LogP contribution is 2.32. The van der Waals surface area contributed by atoms with Gasteiger partial charge < -0.3 is 19.7 Å². The average Bonchev–Trinajstić information content (AvgIpc) is 3.13. The second kappa shape index (κ2) is 10.7.